The molecule has 0 amide bonds. The van der Waals surface area contributed by atoms with E-state index >= 15 is 0 Å². The number of aromatic nitrogens is 2. The van der Waals surface area contributed by atoms with Gasteiger partial charge in [0.2, 0.25) is 0 Å². The number of nitrogens with one attached hydrogen (secondary N) is 2. The van der Waals surface area contributed by atoms with Crippen molar-refractivity contribution in [2.75, 3.05) is 35.7 Å². The Hall–Kier alpha value is -2.32. The lowest BCUT2D eigenvalue weighted by Crippen LogP contribution is -2.19. The molecule has 9 heteroatoms. The Morgan fingerprint density at radius 1 is 1.29 bits per heavy atom. The van der Waals surface area contributed by atoms with E-state index in [1.54, 1.807) is 18.2 Å². The Morgan fingerprint density at radius 2 is 2.00 bits per heavy atom. The summed E-state index contributed by atoms with van der Waals surface area (Å²) >= 11 is 0. The Bertz CT molecular complexity index is 661. The second-order valence-corrected chi connectivity index (χ2v) is 5.63. The van der Waals surface area contributed by atoms with E-state index in [1.807, 2.05) is 0 Å². The number of aliphatic hydroxyl groups excluding tert-OH is 1. The highest BCUT2D eigenvalue weighted by Gasteiger charge is 2.23. The van der Waals surface area contributed by atoms with Gasteiger partial charge in [-0.2, -0.15) is 5.10 Å². The summed E-state index contributed by atoms with van der Waals surface area (Å²) in [5.41, 5.74) is 20.0. The number of nitrogens with zero attached hydrogens (tertiary/aromatic N) is 1. The van der Waals surface area contributed by atoms with E-state index in [-0.39, 0.29) is 43.4 Å². The molecule has 0 aliphatic rings. The van der Waals surface area contributed by atoms with Crippen LogP contribution in [0.25, 0.3) is 0 Å². The third kappa shape index (κ3) is 4.36. The van der Waals surface area contributed by atoms with Crippen molar-refractivity contribution in [2.45, 2.75) is 19.9 Å². The molecule has 2 rings (SSSR count). The topological polar surface area (TPSA) is 148 Å². The highest BCUT2D eigenvalue weighted by Crippen LogP contribution is 2.35. The normalized spacial score (nSPS) is 11.8. The van der Waals surface area contributed by atoms with Gasteiger partial charge in [-0.05, 0) is 24.1 Å². The van der Waals surface area contributed by atoms with Crippen molar-refractivity contribution in [1.82, 2.24) is 10.2 Å². The van der Waals surface area contributed by atoms with E-state index in [0.717, 1.165) is 0 Å². The summed E-state index contributed by atoms with van der Waals surface area (Å²) in [4.78, 5) is 0. The lowest BCUT2D eigenvalue weighted by Gasteiger charge is -2.24. The van der Waals surface area contributed by atoms with Gasteiger partial charge in [0.1, 0.15) is 12.4 Å². The zero-order valence-electron chi connectivity index (χ0n) is 13.7. The lowest BCUT2D eigenvalue weighted by molar-refractivity contribution is 0.202. The van der Waals surface area contributed by atoms with E-state index in [0.29, 0.717) is 28.5 Å². The fourth-order valence-corrected chi connectivity index (χ4v) is 2.30. The Labute approximate surface area is 147 Å². The maximum Gasteiger partial charge on any atom is 0.168 e. The molecule has 0 saturated heterocycles. The number of hydrogen-bond donors (Lipinski definition) is 6. The van der Waals surface area contributed by atoms with Gasteiger partial charge in [0.05, 0.1) is 29.7 Å². The van der Waals surface area contributed by atoms with Crippen molar-refractivity contribution < 1.29 is 9.84 Å². The van der Waals surface area contributed by atoms with Gasteiger partial charge in [-0.3, -0.25) is 5.10 Å². The van der Waals surface area contributed by atoms with Crippen LogP contribution in [-0.2, 0) is 0 Å². The van der Waals surface area contributed by atoms with E-state index < -0.39 is 0 Å². The smallest absolute Gasteiger partial charge is 0.168 e. The zero-order chi connectivity index (χ0) is 17.0. The van der Waals surface area contributed by atoms with E-state index in [4.69, 9.17) is 27.0 Å². The first-order valence-corrected chi connectivity index (χ1v) is 7.43. The molecule has 1 unspecified atom stereocenters. The Kier molecular flexibility index (Phi) is 6.99. The molecule has 1 heterocycles. The van der Waals surface area contributed by atoms with Crippen LogP contribution in [0.1, 0.15) is 25.6 Å². The fraction of sp³-hybridized carbons (Fsp3) is 0.400. The lowest BCUT2D eigenvalue weighted by atomic mass is 9.99. The zero-order valence-corrected chi connectivity index (χ0v) is 14.6. The minimum absolute atomic E-state index is 0. The number of rotatable bonds is 7. The van der Waals surface area contributed by atoms with Crippen LogP contribution in [0.5, 0.6) is 5.75 Å². The fourth-order valence-electron chi connectivity index (χ4n) is 2.30. The van der Waals surface area contributed by atoms with Gasteiger partial charge in [-0.15, -0.1) is 12.4 Å². The molecule has 24 heavy (non-hydrogen) atoms. The molecular weight excluding hydrogens is 332 g/mol. The quantitative estimate of drug-likeness (QED) is 0.414. The molecule has 0 aliphatic carbocycles. The van der Waals surface area contributed by atoms with Crippen LogP contribution in [-0.4, -0.2) is 28.5 Å². The first-order valence-electron chi connectivity index (χ1n) is 7.43. The Balaban J connectivity index is 0.00000288. The summed E-state index contributed by atoms with van der Waals surface area (Å²) in [6, 6.07) is 5.12. The SMILES string of the molecule is CC(C)C(Nc1cc(N)ccc1OCCO)c1[nH]nc(N)c1N.Cl. The standard InChI is InChI=1S/C15H24N6O2.ClH/c1-8(2)13(14-12(17)15(18)21-20-14)19-10-7-9(16)3-4-11(10)23-6-5-22;/h3-4,7-8,13,19,22H,5-6,16-17H2,1-2H3,(H3,18,20,21);1H. The van der Waals surface area contributed by atoms with Crippen LogP contribution in [0.15, 0.2) is 18.2 Å². The van der Waals surface area contributed by atoms with Crippen molar-refractivity contribution >= 4 is 35.3 Å². The summed E-state index contributed by atoms with van der Waals surface area (Å²) in [7, 11) is 0. The average Bonchev–Trinajstić information content (AvgIpc) is 2.83. The number of aromatic amines is 1. The monoisotopic (exact) mass is 356 g/mol. The molecule has 1 aromatic heterocycles. The molecule has 0 spiro atoms. The number of benzene rings is 1. The predicted octanol–water partition coefficient (Wildman–Crippen LogP) is 1.76. The average molecular weight is 357 g/mol. The number of hydrogen-bond acceptors (Lipinski definition) is 7. The first kappa shape index (κ1) is 19.7. The first-order chi connectivity index (χ1) is 10.9. The number of nitrogen functional groups attached to an aromatic ring is 3. The molecule has 2 aromatic rings. The molecule has 0 saturated carbocycles. The van der Waals surface area contributed by atoms with Crippen molar-refractivity contribution in [3.63, 3.8) is 0 Å². The third-order valence-corrected chi connectivity index (χ3v) is 3.50. The summed E-state index contributed by atoms with van der Waals surface area (Å²) in [5.74, 6) is 1.08. The van der Waals surface area contributed by atoms with E-state index in [2.05, 4.69) is 29.4 Å². The molecule has 1 atom stereocenters. The maximum absolute atomic E-state index is 8.95. The highest BCUT2D eigenvalue weighted by atomic mass is 35.5. The second-order valence-electron chi connectivity index (χ2n) is 5.63. The van der Waals surface area contributed by atoms with Crippen LogP contribution >= 0.6 is 12.4 Å². The van der Waals surface area contributed by atoms with Crippen LogP contribution in [0, 0.1) is 5.92 Å². The molecule has 0 aliphatic heterocycles. The summed E-state index contributed by atoms with van der Waals surface area (Å²) < 4.78 is 5.54. The van der Waals surface area contributed by atoms with E-state index in [1.165, 1.54) is 0 Å². The van der Waals surface area contributed by atoms with Gasteiger partial charge in [-0.25, -0.2) is 0 Å². The second kappa shape index (κ2) is 8.51. The minimum Gasteiger partial charge on any atom is -0.489 e. The van der Waals surface area contributed by atoms with Gasteiger partial charge in [0, 0.05) is 5.69 Å². The molecular formula is C15H25ClN6O2. The van der Waals surface area contributed by atoms with Crippen molar-refractivity contribution in [2.24, 2.45) is 5.92 Å². The number of nitrogens with two attached hydrogens (primary N) is 3. The van der Waals surface area contributed by atoms with Gasteiger partial charge in [-0.1, -0.05) is 13.8 Å². The number of anilines is 4. The van der Waals surface area contributed by atoms with Gasteiger partial charge in [0.15, 0.2) is 5.82 Å². The highest BCUT2D eigenvalue weighted by molar-refractivity contribution is 5.85. The third-order valence-electron chi connectivity index (χ3n) is 3.50. The van der Waals surface area contributed by atoms with Crippen molar-refractivity contribution in [3.05, 3.63) is 23.9 Å². The number of aliphatic hydroxyl groups is 1. The van der Waals surface area contributed by atoms with Gasteiger partial charge < -0.3 is 32.4 Å². The molecule has 0 fully saturated rings. The number of H-pyrrole nitrogens is 1. The van der Waals surface area contributed by atoms with E-state index in [9.17, 15) is 0 Å². The van der Waals surface area contributed by atoms with Gasteiger partial charge in [0.25, 0.3) is 0 Å². The van der Waals surface area contributed by atoms with Crippen LogP contribution < -0.4 is 27.3 Å². The van der Waals surface area contributed by atoms with Crippen molar-refractivity contribution in [1.29, 1.82) is 0 Å². The van der Waals surface area contributed by atoms with Crippen LogP contribution in [0.3, 0.4) is 0 Å². The molecule has 0 bridgehead atoms. The summed E-state index contributed by atoms with van der Waals surface area (Å²) in [6.07, 6.45) is 0. The van der Waals surface area contributed by atoms with Crippen LogP contribution in [0.4, 0.5) is 22.9 Å². The van der Waals surface area contributed by atoms with Gasteiger partial charge >= 0.3 is 0 Å². The molecule has 0 radical (unpaired) electrons. The molecule has 9 N–H and O–H groups in total. The number of halogens is 1. The summed E-state index contributed by atoms with van der Waals surface area (Å²) in [5, 5.41) is 19.1. The minimum atomic E-state index is -0.155. The molecule has 1 aromatic carbocycles. The van der Waals surface area contributed by atoms with Crippen molar-refractivity contribution in [3.8, 4) is 5.75 Å². The largest absolute Gasteiger partial charge is 0.489 e. The molecule has 8 nitrogen and oxygen atoms in total. The maximum atomic E-state index is 8.95. The van der Waals surface area contributed by atoms with Crippen LogP contribution in [0.2, 0.25) is 0 Å². The number of ether oxygens (including phenoxy) is 1. The Morgan fingerprint density at radius 3 is 2.54 bits per heavy atom. The molecule has 134 valence electrons. The predicted molar refractivity (Wildman–Crippen MR) is 99.3 cm³/mol. The summed E-state index contributed by atoms with van der Waals surface area (Å²) in [6.45, 7) is 4.23.